The van der Waals surface area contributed by atoms with Crippen LogP contribution >= 0.6 is 0 Å². The Bertz CT molecular complexity index is 442. The van der Waals surface area contributed by atoms with Crippen molar-refractivity contribution in [1.29, 1.82) is 0 Å². The number of rotatable bonds is 12. The van der Waals surface area contributed by atoms with Crippen molar-refractivity contribution in [1.82, 2.24) is 9.80 Å². The second-order valence-electron chi connectivity index (χ2n) is 4.55. The zero-order valence-electron chi connectivity index (χ0n) is 13.0. The van der Waals surface area contributed by atoms with Gasteiger partial charge >= 0.3 is 23.9 Å². The highest BCUT2D eigenvalue weighted by Crippen LogP contribution is 1.97. The lowest BCUT2D eigenvalue weighted by Gasteiger charge is -2.24. The van der Waals surface area contributed by atoms with Crippen molar-refractivity contribution in [3.8, 4) is 0 Å². The Balaban J connectivity index is 4.74. The van der Waals surface area contributed by atoms with Gasteiger partial charge in [0, 0.05) is 13.1 Å². The molecule has 0 aromatic rings. The van der Waals surface area contributed by atoms with Gasteiger partial charge < -0.3 is 9.84 Å². The highest BCUT2D eigenvalue weighted by Gasteiger charge is 2.20. The number of carbonyl (C=O) groups excluding carboxylic acids is 3. The summed E-state index contributed by atoms with van der Waals surface area (Å²) in [5.74, 6) is -3.96. The predicted molar refractivity (Wildman–Crippen MR) is 74.6 cm³/mol. The summed E-state index contributed by atoms with van der Waals surface area (Å²) < 4.78 is 4.73. The van der Waals surface area contributed by atoms with Crippen LogP contribution in [-0.4, -0.2) is 95.2 Å². The molecule has 3 N–H and O–H groups in total. The van der Waals surface area contributed by atoms with Crippen LogP contribution in [0.5, 0.6) is 0 Å². The number of hydrogen-bond acceptors (Lipinski definition) is 11. The van der Waals surface area contributed by atoms with E-state index in [1.807, 2.05) is 0 Å². The molecule has 0 aliphatic carbocycles. The minimum Gasteiger partial charge on any atom is -0.480 e. The second kappa shape index (κ2) is 12.2. The lowest BCUT2D eigenvalue weighted by atomic mass is 10.4. The molecule has 0 aliphatic heterocycles. The summed E-state index contributed by atoms with van der Waals surface area (Å²) in [6.07, 6.45) is 0. The fraction of sp³-hybridized carbons (Fsp3) is 0.667. The minimum absolute atomic E-state index is 0.0279. The lowest BCUT2D eigenvalue weighted by molar-refractivity contribution is -0.236. The number of nitrogens with zero attached hydrogens (tertiary/aromatic N) is 2. The molecule has 0 aromatic carbocycles. The smallest absolute Gasteiger partial charge is 0.355 e. The molecule has 0 bridgehead atoms. The topological polar surface area (TPSA) is 163 Å². The molecule has 138 valence electrons. The van der Waals surface area contributed by atoms with Crippen LogP contribution in [0, 0.1) is 0 Å². The third-order valence-corrected chi connectivity index (χ3v) is 2.66. The van der Waals surface area contributed by atoms with Gasteiger partial charge in [-0.25, -0.2) is 9.59 Å². The molecule has 24 heavy (non-hydrogen) atoms. The van der Waals surface area contributed by atoms with Gasteiger partial charge in [-0.15, -0.1) is 0 Å². The van der Waals surface area contributed by atoms with Crippen molar-refractivity contribution < 1.29 is 49.3 Å². The van der Waals surface area contributed by atoms with Crippen LogP contribution in [0.15, 0.2) is 0 Å². The van der Waals surface area contributed by atoms with Gasteiger partial charge in [-0.3, -0.25) is 29.2 Å². The first-order valence-corrected chi connectivity index (χ1v) is 6.82. The molecule has 0 unspecified atom stereocenters. The molecule has 0 aliphatic rings. The molecule has 0 aromatic heterocycles. The van der Waals surface area contributed by atoms with Gasteiger partial charge in [0.2, 0.25) is 0 Å². The van der Waals surface area contributed by atoms with E-state index in [1.165, 1.54) is 4.90 Å². The van der Waals surface area contributed by atoms with Gasteiger partial charge in [-0.05, 0) is 6.92 Å². The van der Waals surface area contributed by atoms with Gasteiger partial charge in [-0.2, -0.15) is 10.5 Å². The molecule has 12 heteroatoms. The quantitative estimate of drug-likeness (QED) is 0.158. The molecule has 0 saturated heterocycles. The summed E-state index contributed by atoms with van der Waals surface area (Å²) in [7, 11) is 0. The first-order valence-electron chi connectivity index (χ1n) is 6.82. The molecule has 12 nitrogen and oxygen atoms in total. The summed E-state index contributed by atoms with van der Waals surface area (Å²) in [5.41, 5.74) is 0. The average Bonchev–Trinajstić information content (AvgIpc) is 2.51. The minimum atomic E-state index is -1.23. The molecule has 0 fully saturated rings. The van der Waals surface area contributed by atoms with Crippen LogP contribution < -0.4 is 0 Å². The Hall–Kier alpha value is -2.28. The van der Waals surface area contributed by atoms with Crippen molar-refractivity contribution in [3.05, 3.63) is 0 Å². The van der Waals surface area contributed by atoms with E-state index in [9.17, 15) is 19.2 Å². The maximum atomic E-state index is 11.5. The molecule has 0 saturated carbocycles. The zero-order chi connectivity index (χ0) is 18.5. The highest BCUT2D eigenvalue weighted by molar-refractivity contribution is 5.75. The van der Waals surface area contributed by atoms with E-state index < -0.39 is 43.5 Å². The number of hydrogen-bond donors (Lipinski definition) is 3. The third kappa shape index (κ3) is 10.4. The summed E-state index contributed by atoms with van der Waals surface area (Å²) >= 11 is 0. The highest BCUT2D eigenvalue weighted by atomic mass is 17.1. The van der Waals surface area contributed by atoms with Crippen LogP contribution in [0.1, 0.15) is 6.92 Å². The van der Waals surface area contributed by atoms with Crippen LogP contribution in [0.4, 0.5) is 0 Å². The van der Waals surface area contributed by atoms with Crippen molar-refractivity contribution in [2.24, 2.45) is 0 Å². The predicted octanol–water partition coefficient (Wildman–Crippen LogP) is -1.73. The second-order valence-corrected chi connectivity index (χ2v) is 4.55. The van der Waals surface area contributed by atoms with E-state index in [0.29, 0.717) is 0 Å². The molecule has 0 heterocycles. The van der Waals surface area contributed by atoms with Gasteiger partial charge in [0.05, 0.1) is 19.7 Å². The largest absolute Gasteiger partial charge is 0.480 e. The molecule has 0 rings (SSSR count). The number of carboxylic acid groups (broad SMARTS) is 1. The first-order chi connectivity index (χ1) is 11.3. The van der Waals surface area contributed by atoms with Gasteiger partial charge in [0.15, 0.2) is 0 Å². The van der Waals surface area contributed by atoms with Crippen molar-refractivity contribution >= 4 is 23.9 Å². The van der Waals surface area contributed by atoms with E-state index in [4.69, 9.17) is 20.4 Å². The molecule has 0 radical (unpaired) electrons. The van der Waals surface area contributed by atoms with Crippen LogP contribution in [0.3, 0.4) is 0 Å². The Kier molecular flexibility index (Phi) is 11.0. The molecule has 0 atom stereocenters. The Morgan fingerprint density at radius 1 is 0.792 bits per heavy atom. The van der Waals surface area contributed by atoms with Crippen molar-refractivity contribution in [3.63, 3.8) is 0 Å². The third-order valence-electron chi connectivity index (χ3n) is 2.66. The van der Waals surface area contributed by atoms with Gasteiger partial charge in [-0.1, -0.05) is 0 Å². The van der Waals surface area contributed by atoms with Crippen molar-refractivity contribution in [2.45, 2.75) is 6.92 Å². The molecular weight excluding hydrogens is 332 g/mol. The Labute approximate surface area is 137 Å². The van der Waals surface area contributed by atoms with Crippen LogP contribution in [0.25, 0.3) is 0 Å². The normalized spacial score (nSPS) is 10.5. The van der Waals surface area contributed by atoms with Crippen LogP contribution in [-0.2, 0) is 33.7 Å². The van der Waals surface area contributed by atoms with Crippen molar-refractivity contribution in [2.75, 3.05) is 45.9 Å². The summed E-state index contributed by atoms with van der Waals surface area (Å²) in [6.45, 7) is -0.175. The number of aliphatic carboxylic acids is 1. The average molecular weight is 352 g/mol. The SMILES string of the molecule is CCOC(=O)CN(CCN(CC(=O)O)CC(=O)OO)CC(=O)OO. The van der Waals surface area contributed by atoms with E-state index in [0.717, 1.165) is 4.90 Å². The number of carbonyl (C=O) groups is 4. The van der Waals surface area contributed by atoms with E-state index in [2.05, 4.69) is 9.78 Å². The fourth-order valence-corrected chi connectivity index (χ4v) is 1.71. The van der Waals surface area contributed by atoms with Gasteiger partial charge in [0.25, 0.3) is 0 Å². The lowest BCUT2D eigenvalue weighted by Crippen LogP contribution is -2.44. The maximum absolute atomic E-state index is 11.5. The monoisotopic (exact) mass is 352 g/mol. The summed E-state index contributed by atoms with van der Waals surface area (Å²) in [5, 5.41) is 25.3. The van der Waals surface area contributed by atoms with Crippen LogP contribution in [0.2, 0.25) is 0 Å². The summed E-state index contributed by atoms with van der Waals surface area (Å²) in [6, 6.07) is 0. The number of esters is 1. The fourth-order valence-electron chi connectivity index (χ4n) is 1.71. The maximum Gasteiger partial charge on any atom is 0.355 e. The molecular formula is C12H20N2O10. The molecule has 0 spiro atoms. The number of carboxylic acids is 1. The van der Waals surface area contributed by atoms with E-state index in [1.54, 1.807) is 6.92 Å². The Morgan fingerprint density at radius 3 is 1.58 bits per heavy atom. The van der Waals surface area contributed by atoms with E-state index in [-0.39, 0.29) is 26.2 Å². The first kappa shape index (κ1) is 21.7. The number of ether oxygens (including phenoxy) is 1. The standard InChI is InChI=1S/C12H20N2O10/c1-2-22-10(17)6-14(8-12(19)24-21)4-3-13(5-9(15)16)7-11(18)23-20/h20-21H,2-8H2,1H3,(H,15,16). The molecule has 0 amide bonds. The zero-order valence-corrected chi connectivity index (χ0v) is 13.0. The Morgan fingerprint density at radius 2 is 1.21 bits per heavy atom. The van der Waals surface area contributed by atoms with Gasteiger partial charge in [0.1, 0.15) is 13.1 Å². The summed E-state index contributed by atoms with van der Waals surface area (Å²) in [4.78, 5) is 53.8. The van der Waals surface area contributed by atoms with E-state index >= 15 is 0 Å².